The van der Waals surface area contributed by atoms with E-state index in [9.17, 15) is 0 Å². The minimum Gasteiger partial charge on any atom is -0.394 e. The summed E-state index contributed by atoms with van der Waals surface area (Å²) < 4.78 is 3.88. The molecular formula is C14H17N5OS. The summed E-state index contributed by atoms with van der Waals surface area (Å²) >= 11 is 1.58. The van der Waals surface area contributed by atoms with Crippen LogP contribution in [0.15, 0.2) is 17.9 Å². The predicted octanol–water partition coefficient (Wildman–Crippen LogP) is 2.11. The molecule has 0 atom stereocenters. The van der Waals surface area contributed by atoms with Gasteiger partial charge in [0, 0.05) is 12.4 Å². The van der Waals surface area contributed by atoms with Crippen molar-refractivity contribution in [2.45, 2.75) is 27.3 Å². The lowest BCUT2D eigenvalue weighted by Crippen LogP contribution is -2.06. The molecule has 0 aliphatic heterocycles. The van der Waals surface area contributed by atoms with Gasteiger partial charge in [0.25, 0.3) is 0 Å². The predicted molar refractivity (Wildman–Crippen MR) is 81.8 cm³/mol. The van der Waals surface area contributed by atoms with Crippen LogP contribution < -0.4 is 0 Å². The molecule has 0 saturated carbocycles. The summed E-state index contributed by atoms with van der Waals surface area (Å²) in [5.41, 5.74) is 5.76. The lowest BCUT2D eigenvalue weighted by Gasteiger charge is -2.08. The molecule has 3 heterocycles. The molecular weight excluding hydrogens is 286 g/mol. The van der Waals surface area contributed by atoms with Gasteiger partial charge in [-0.3, -0.25) is 9.25 Å². The number of hydrogen-bond acceptors (Lipinski definition) is 5. The van der Waals surface area contributed by atoms with Crippen molar-refractivity contribution in [1.82, 2.24) is 24.3 Å². The summed E-state index contributed by atoms with van der Waals surface area (Å²) in [5, 5.41) is 13.6. The number of hydrogen-bond donors (Lipinski definition) is 1. The SMILES string of the molecule is Cc1ncsc1-c1nccn1-c1c(C)nn(CCO)c1C. The molecule has 1 N–H and O–H groups in total. The van der Waals surface area contributed by atoms with E-state index in [1.165, 1.54) is 0 Å². The Labute approximate surface area is 126 Å². The number of imidazole rings is 1. The van der Waals surface area contributed by atoms with Crippen molar-refractivity contribution in [2.24, 2.45) is 0 Å². The average Bonchev–Trinajstić information content (AvgIpc) is 3.12. The van der Waals surface area contributed by atoms with Crippen LogP contribution in [-0.2, 0) is 6.54 Å². The molecule has 0 aromatic carbocycles. The van der Waals surface area contributed by atoms with Gasteiger partial charge in [0.15, 0.2) is 5.82 Å². The van der Waals surface area contributed by atoms with Crippen molar-refractivity contribution in [2.75, 3.05) is 6.61 Å². The zero-order valence-corrected chi connectivity index (χ0v) is 13.1. The molecule has 0 fully saturated rings. The van der Waals surface area contributed by atoms with Gasteiger partial charge >= 0.3 is 0 Å². The van der Waals surface area contributed by atoms with E-state index in [-0.39, 0.29) is 6.61 Å². The fraction of sp³-hybridized carbons (Fsp3) is 0.357. The van der Waals surface area contributed by atoms with E-state index in [4.69, 9.17) is 5.11 Å². The Balaban J connectivity index is 2.15. The van der Waals surface area contributed by atoms with Crippen molar-refractivity contribution < 1.29 is 5.11 Å². The highest BCUT2D eigenvalue weighted by molar-refractivity contribution is 7.13. The van der Waals surface area contributed by atoms with Gasteiger partial charge in [-0.1, -0.05) is 0 Å². The Kier molecular flexibility index (Phi) is 3.60. The number of aliphatic hydroxyl groups is 1. The maximum Gasteiger partial charge on any atom is 0.156 e. The molecule has 3 aromatic rings. The third-order valence-corrected chi connectivity index (χ3v) is 4.41. The van der Waals surface area contributed by atoms with Crippen molar-refractivity contribution >= 4 is 11.3 Å². The van der Waals surface area contributed by atoms with Gasteiger partial charge in [0.1, 0.15) is 0 Å². The van der Waals surface area contributed by atoms with E-state index in [1.807, 2.05) is 41.7 Å². The topological polar surface area (TPSA) is 68.8 Å². The lowest BCUT2D eigenvalue weighted by atomic mass is 10.3. The van der Waals surface area contributed by atoms with Crippen molar-refractivity contribution in [3.05, 3.63) is 35.0 Å². The molecule has 7 heteroatoms. The first-order valence-corrected chi connectivity index (χ1v) is 7.60. The Morgan fingerprint density at radius 1 is 1.19 bits per heavy atom. The molecule has 0 aliphatic carbocycles. The van der Waals surface area contributed by atoms with E-state index < -0.39 is 0 Å². The van der Waals surface area contributed by atoms with E-state index in [0.717, 1.165) is 33.5 Å². The molecule has 0 aliphatic rings. The van der Waals surface area contributed by atoms with Gasteiger partial charge in [0.05, 0.1) is 46.3 Å². The Hall–Kier alpha value is -1.99. The van der Waals surface area contributed by atoms with Crippen LogP contribution in [0.4, 0.5) is 0 Å². The fourth-order valence-electron chi connectivity index (χ4n) is 2.52. The Morgan fingerprint density at radius 2 is 2.00 bits per heavy atom. The monoisotopic (exact) mass is 303 g/mol. The second-order valence-corrected chi connectivity index (χ2v) is 5.71. The summed E-state index contributed by atoms with van der Waals surface area (Å²) in [5.74, 6) is 0.879. The second kappa shape index (κ2) is 5.42. The number of aryl methyl sites for hydroxylation is 2. The van der Waals surface area contributed by atoms with Gasteiger partial charge in [-0.05, 0) is 20.8 Å². The summed E-state index contributed by atoms with van der Waals surface area (Å²) in [6, 6.07) is 0. The molecule has 3 rings (SSSR count). The van der Waals surface area contributed by atoms with E-state index in [1.54, 1.807) is 17.5 Å². The quantitative estimate of drug-likeness (QED) is 0.801. The normalized spacial score (nSPS) is 11.2. The molecule has 110 valence electrons. The Bertz CT molecular complexity index is 770. The third kappa shape index (κ3) is 2.28. The summed E-state index contributed by atoms with van der Waals surface area (Å²) in [6.45, 7) is 6.54. The molecule has 0 saturated heterocycles. The highest BCUT2D eigenvalue weighted by atomic mass is 32.1. The second-order valence-electron chi connectivity index (χ2n) is 4.85. The van der Waals surface area contributed by atoms with E-state index >= 15 is 0 Å². The molecule has 0 bridgehead atoms. The molecule has 3 aromatic heterocycles. The fourth-order valence-corrected chi connectivity index (χ4v) is 3.31. The molecule has 0 spiro atoms. The van der Waals surface area contributed by atoms with Gasteiger partial charge in [-0.15, -0.1) is 11.3 Å². The lowest BCUT2D eigenvalue weighted by molar-refractivity contribution is 0.268. The van der Waals surface area contributed by atoms with Crippen molar-refractivity contribution in [1.29, 1.82) is 0 Å². The molecule has 0 radical (unpaired) electrons. The van der Waals surface area contributed by atoms with Crippen LogP contribution in [0.5, 0.6) is 0 Å². The Morgan fingerprint density at radius 3 is 2.67 bits per heavy atom. The van der Waals surface area contributed by atoms with Crippen LogP contribution in [0.1, 0.15) is 17.1 Å². The number of aliphatic hydroxyl groups excluding tert-OH is 1. The minimum absolute atomic E-state index is 0.0755. The minimum atomic E-state index is 0.0755. The zero-order chi connectivity index (χ0) is 15.0. The third-order valence-electron chi connectivity index (χ3n) is 3.49. The van der Waals surface area contributed by atoms with Crippen LogP contribution >= 0.6 is 11.3 Å². The van der Waals surface area contributed by atoms with E-state index in [2.05, 4.69) is 15.1 Å². The van der Waals surface area contributed by atoms with Crippen LogP contribution in [0.3, 0.4) is 0 Å². The van der Waals surface area contributed by atoms with Crippen LogP contribution in [0.2, 0.25) is 0 Å². The maximum absolute atomic E-state index is 9.13. The van der Waals surface area contributed by atoms with Gasteiger partial charge in [-0.25, -0.2) is 9.97 Å². The summed E-state index contributed by atoms with van der Waals surface area (Å²) in [4.78, 5) is 9.84. The van der Waals surface area contributed by atoms with E-state index in [0.29, 0.717) is 6.54 Å². The molecule has 21 heavy (non-hydrogen) atoms. The first-order valence-electron chi connectivity index (χ1n) is 6.72. The number of nitrogens with zero attached hydrogens (tertiary/aromatic N) is 5. The summed E-state index contributed by atoms with van der Waals surface area (Å²) in [7, 11) is 0. The smallest absolute Gasteiger partial charge is 0.156 e. The van der Waals surface area contributed by atoms with Crippen LogP contribution in [0, 0.1) is 20.8 Å². The molecule has 0 unspecified atom stereocenters. The first kappa shape index (κ1) is 14.0. The average molecular weight is 303 g/mol. The first-order chi connectivity index (χ1) is 10.1. The maximum atomic E-state index is 9.13. The van der Waals surface area contributed by atoms with Crippen molar-refractivity contribution in [3.63, 3.8) is 0 Å². The highest BCUT2D eigenvalue weighted by Gasteiger charge is 2.18. The van der Waals surface area contributed by atoms with Gasteiger partial charge in [0.2, 0.25) is 0 Å². The highest BCUT2D eigenvalue weighted by Crippen LogP contribution is 2.30. The number of aromatic nitrogens is 5. The van der Waals surface area contributed by atoms with Crippen LogP contribution in [-0.4, -0.2) is 36.0 Å². The number of thiazole rings is 1. The standard InChI is InChI=1S/C14H17N5OS/c1-9-12(11(3)19(17-9)6-7-20)18-5-4-15-14(18)13-10(2)16-8-21-13/h4-5,8,20H,6-7H2,1-3H3. The van der Waals surface area contributed by atoms with Gasteiger partial charge in [-0.2, -0.15) is 5.10 Å². The largest absolute Gasteiger partial charge is 0.394 e. The van der Waals surface area contributed by atoms with Crippen LogP contribution in [0.25, 0.3) is 16.4 Å². The van der Waals surface area contributed by atoms with Crippen molar-refractivity contribution in [3.8, 4) is 16.4 Å². The summed E-state index contributed by atoms with van der Waals surface area (Å²) in [6.07, 6.45) is 3.73. The molecule has 0 amide bonds. The van der Waals surface area contributed by atoms with Gasteiger partial charge < -0.3 is 5.11 Å². The number of rotatable bonds is 4. The zero-order valence-electron chi connectivity index (χ0n) is 12.2. The molecule has 6 nitrogen and oxygen atoms in total.